The summed E-state index contributed by atoms with van der Waals surface area (Å²) in [5.41, 5.74) is 0. The zero-order chi connectivity index (χ0) is 17.9. The van der Waals surface area contributed by atoms with Crippen LogP contribution in [-0.2, 0) is 22.1 Å². The molecule has 1 aromatic heterocycles. The van der Waals surface area contributed by atoms with Crippen molar-refractivity contribution in [3.05, 3.63) is 24.2 Å². The average Bonchev–Trinajstić information content (AvgIpc) is 3.16. The van der Waals surface area contributed by atoms with Gasteiger partial charge in [-0.3, -0.25) is 9.20 Å². The largest absolute Gasteiger partial charge is 0.467 e. The van der Waals surface area contributed by atoms with E-state index in [0.29, 0.717) is 24.5 Å². The van der Waals surface area contributed by atoms with Crippen LogP contribution in [-0.4, -0.2) is 47.4 Å². The van der Waals surface area contributed by atoms with Crippen molar-refractivity contribution in [2.24, 2.45) is 4.99 Å². The molecule has 6 nitrogen and oxygen atoms in total. The van der Waals surface area contributed by atoms with Gasteiger partial charge in [0.05, 0.1) is 6.26 Å². The summed E-state index contributed by atoms with van der Waals surface area (Å²) < 4.78 is 22.8. The molecule has 1 fully saturated rings. The molecule has 3 unspecified atom stereocenters. The summed E-state index contributed by atoms with van der Waals surface area (Å²) in [6.45, 7) is 3.99. The molecule has 2 N–H and O–H groups in total. The first kappa shape index (κ1) is 20.0. The number of hydrogen-bond donors (Lipinski definition) is 2. The van der Waals surface area contributed by atoms with Gasteiger partial charge in [0.15, 0.2) is 5.96 Å². The molecule has 0 radical (unpaired) electrons. The smallest absolute Gasteiger partial charge is 0.191 e. The number of hydrogen-bond acceptors (Lipinski definition) is 4. The van der Waals surface area contributed by atoms with Crippen LogP contribution in [0.3, 0.4) is 0 Å². The summed E-state index contributed by atoms with van der Waals surface area (Å²) >= 11 is 0. The van der Waals surface area contributed by atoms with E-state index in [2.05, 4.69) is 15.6 Å². The predicted octanol–water partition coefficient (Wildman–Crippen LogP) is 2.43. The summed E-state index contributed by atoms with van der Waals surface area (Å²) in [5, 5.41) is 7.13. The lowest BCUT2D eigenvalue weighted by molar-refractivity contribution is 0.105. The highest BCUT2D eigenvalue weighted by Crippen LogP contribution is 2.22. The number of nitrogens with zero attached hydrogens (tertiary/aromatic N) is 1. The van der Waals surface area contributed by atoms with Crippen LogP contribution in [0.1, 0.15) is 44.8 Å². The Balaban J connectivity index is 1.60. The van der Waals surface area contributed by atoms with Gasteiger partial charge in [-0.25, -0.2) is 0 Å². The Morgan fingerprint density at radius 3 is 3.08 bits per heavy atom. The second-order valence-electron chi connectivity index (χ2n) is 6.28. The Labute approximate surface area is 153 Å². The number of rotatable bonds is 9. The second-order valence-corrected chi connectivity index (χ2v) is 8.29. The van der Waals surface area contributed by atoms with E-state index in [1.807, 2.05) is 19.1 Å². The van der Waals surface area contributed by atoms with E-state index in [9.17, 15) is 4.21 Å². The van der Waals surface area contributed by atoms with Crippen molar-refractivity contribution < 1.29 is 13.4 Å². The molecular weight excluding hydrogens is 338 g/mol. The van der Waals surface area contributed by atoms with Gasteiger partial charge in [0.1, 0.15) is 12.4 Å². The van der Waals surface area contributed by atoms with Gasteiger partial charge < -0.3 is 19.8 Å². The molecule has 2 rings (SSSR count). The summed E-state index contributed by atoms with van der Waals surface area (Å²) in [4.78, 5) is 4.29. The molecule has 0 spiro atoms. The third-order valence-electron chi connectivity index (χ3n) is 4.43. The maximum absolute atomic E-state index is 12.0. The van der Waals surface area contributed by atoms with Crippen molar-refractivity contribution in [1.82, 2.24) is 10.6 Å². The molecule has 1 aliphatic rings. The van der Waals surface area contributed by atoms with Crippen molar-refractivity contribution in [1.29, 1.82) is 0 Å². The van der Waals surface area contributed by atoms with Crippen molar-refractivity contribution >= 4 is 16.8 Å². The fraction of sp³-hybridized carbons (Fsp3) is 0.722. The Hall–Kier alpha value is -1.34. The van der Waals surface area contributed by atoms with Gasteiger partial charge in [-0.15, -0.1) is 0 Å². The fourth-order valence-electron chi connectivity index (χ4n) is 3.09. The van der Waals surface area contributed by atoms with E-state index in [1.54, 1.807) is 13.3 Å². The Bertz CT molecular complexity index is 534. The Morgan fingerprint density at radius 1 is 1.48 bits per heavy atom. The fourth-order valence-corrected chi connectivity index (χ4v) is 4.43. The molecule has 7 heteroatoms. The number of nitrogens with one attached hydrogen (secondary N) is 2. The number of guanidine groups is 1. The van der Waals surface area contributed by atoms with Crippen LogP contribution in [0.25, 0.3) is 0 Å². The van der Waals surface area contributed by atoms with Crippen LogP contribution in [0.5, 0.6) is 0 Å². The van der Waals surface area contributed by atoms with Crippen molar-refractivity contribution in [2.75, 3.05) is 26.0 Å². The minimum absolute atomic E-state index is 0.323. The van der Waals surface area contributed by atoms with Gasteiger partial charge in [0.25, 0.3) is 0 Å². The van der Waals surface area contributed by atoms with Crippen LogP contribution >= 0.6 is 0 Å². The summed E-state index contributed by atoms with van der Waals surface area (Å²) in [6, 6.07) is 4.13. The van der Waals surface area contributed by atoms with Crippen LogP contribution in [0.15, 0.2) is 27.8 Å². The summed E-state index contributed by atoms with van der Waals surface area (Å²) in [5.74, 6) is 2.42. The molecule has 0 aliphatic heterocycles. The summed E-state index contributed by atoms with van der Waals surface area (Å²) in [7, 11) is 1.09. The minimum atomic E-state index is -0.697. The van der Waals surface area contributed by atoms with Gasteiger partial charge in [0, 0.05) is 48.0 Å². The minimum Gasteiger partial charge on any atom is -0.467 e. The molecular formula is C18H31N3O3S. The monoisotopic (exact) mass is 369 g/mol. The predicted molar refractivity (Wildman–Crippen MR) is 102 cm³/mol. The zero-order valence-electron chi connectivity index (χ0n) is 15.3. The van der Waals surface area contributed by atoms with Crippen molar-refractivity contribution in [3.8, 4) is 0 Å². The van der Waals surface area contributed by atoms with E-state index in [1.165, 1.54) is 0 Å². The van der Waals surface area contributed by atoms with E-state index < -0.39 is 10.8 Å². The van der Waals surface area contributed by atoms with Crippen LogP contribution in [0.2, 0.25) is 0 Å². The molecule has 0 bridgehead atoms. The zero-order valence-corrected chi connectivity index (χ0v) is 16.1. The van der Waals surface area contributed by atoms with Crippen LogP contribution < -0.4 is 10.6 Å². The summed E-state index contributed by atoms with van der Waals surface area (Å²) in [6.07, 6.45) is 6.84. The normalized spacial score (nSPS) is 22.6. The second kappa shape index (κ2) is 11.3. The van der Waals surface area contributed by atoms with Gasteiger partial charge in [0.2, 0.25) is 0 Å². The lowest BCUT2D eigenvalue weighted by Crippen LogP contribution is -2.46. The highest BCUT2D eigenvalue weighted by Gasteiger charge is 2.25. The highest BCUT2D eigenvalue weighted by atomic mass is 32.2. The molecule has 142 valence electrons. The Morgan fingerprint density at radius 2 is 2.36 bits per heavy atom. The number of ether oxygens (including phenoxy) is 1. The molecule has 0 aromatic carbocycles. The van der Waals surface area contributed by atoms with E-state index in [-0.39, 0.29) is 0 Å². The standard InChI is InChI=1S/C18H31N3O3S/c1-3-25(22)17-9-4-7-15(13-17)21-18(19-2)20-10-6-11-23-14-16-8-5-12-24-16/h5,8,12,15,17H,3-4,6-7,9-11,13-14H2,1-2H3,(H2,19,20,21). The number of aliphatic imine (C=N–C) groups is 1. The maximum Gasteiger partial charge on any atom is 0.191 e. The quantitative estimate of drug-likeness (QED) is 0.397. The molecule has 1 aliphatic carbocycles. The average molecular weight is 370 g/mol. The first-order valence-corrected chi connectivity index (χ1v) is 10.6. The lowest BCUT2D eigenvalue weighted by Gasteiger charge is -2.30. The van der Waals surface area contributed by atoms with Crippen LogP contribution in [0.4, 0.5) is 0 Å². The van der Waals surface area contributed by atoms with Crippen molar-refractivity contribution in [2.45, 2.75) is 56.9 Å². The van der Waals surface area contributed by atoms with Gasteiger partial charge in [-0.05, 0) is 37.8 Å². The molecule has 1 heterocycles. The van der Waals surface area contributed by atoms with E-state index in [4.69, 9.17) is 9.15 Å². The number of furan rings is 1. The lowest BCUT2D eigenvalue weighted by atomic mass is 9.95. The maximum atomic E-state index is 12.0. The van der Waals surface area contributed by atoms with Gasteiger partial charge in [-0.2, -0.15) is 0 Å². The van der Waals surface area contributed by atoms with E-state index in [0.717, 1.165) is 56.1 Å². The first-order chi connectivity index (χ1) is 12.2. The topological polar surface area (TPSA) is 75.9 Å². The molecule has 1 aromatic rings. The van der Waals surface area contributed by atoms with Crippen molar-refractivity contribution in [3.63, 3.8) is 0 Å². The molecule has 0 saturated heterocycles. The molecule has 25 heavy (non-hydrogen) atoms. The molecule has 1 saturated carbocycles. The van der Waals surface area contributed by atoms with Crippen LogP contribution in [0, 0.1) is 0 Å². The first-order valence-electron chi connectivity index (χ1n) is 9.17. The van der Waals surface area contributed by atoms with E-state index >= 15 is 0 Å². The third kappa shape index (κ3) is 7.20. The Kier molecular flexibility index (Phi) is 9.04. The van der Waals surface area contributed by atoms with Gasteiger partial charge in [-0.1, -0.05) is 13.3 Å². The molecule has 3 atom stereocenters. The SMILES string of the molecule is CCS(=O)C1CCCC(NC(=NC)NCCCOCc2ccco2)C1. The van der Waals surface area contributed by atoms with Gasteiger partial charge >= 0.3 is 0 Å². The highest BCUT2D eigenvalue weighted by molar-refractivity contribution is 7.85. The molecule has 0 amide bonds. The third-order valence-corrected chi connectivity index (χ3v) is 6.17.